The van der Waals surface area contributed by atoms with Gasteiger partial charge in [0.25, 0.3) is 0 Å². The molecule has 1 aromatic rings. The van der Waals surface area contributed by atoms with Crippen LogP contribution < -0.4 is 4.46 Å². The number of hydrogen-bond donors (Lipinski definition) is 0. The molecule has 0 amide bonds. The van der Waals surface area contributed by atoms with Gasteiger partial charge >= 0.3 is 112 Å². The van der Waals surface area contributed by atoms with Crippen LogP contribution in [-0.2, 0) is 4.74 Å². The van der Waals surface area contributed by atoms with Crippen LogP contribution in [0.15, 0.2) is 30.3 Å². The Morgan fingerprint density at radius 3 is 2.53 bits per heavy atom. The van der Waals surface area contributed by atoms with Gasteiger partial charge in [0, 0.05) is 0 Å². The molecule has 0 aromatic heterocycles. The topological polar surface area (TPSA) is 9.23 Å². The van der Waals surface area contributed by atoms with Crippen molar-refractivity contribution in [1.29, 1.82) is 0 Å². The van der Waals surface area contributed by atoms with Gasteiger partial charge in [0.15, 0.2) is 0 Å². The fourth-order valence-corrected chi connectivity index (χ4v) is 4.34. The second-order valence-electron chi connectivity index (χ2n) is 4.36. The van der Waals surface area contributed by atoms with Crippen molar-refractivity contribution in [3.63, 3.8) is 0 Å². The molecular formula is C15H24OSe. The van der Waals surface area contributed by atoms with Gasteiger partial charge in [-0.15, -0.1) is 0 Å². The van der Waals surface area contributed by atoms with E-state index in [1.165, 1.54) is 36.6 Å². The van der Waals surface area contributed by atoms with Crippen LogP contribution in [0.3, 0.4) is 0 Å². The molecule has 0 bridgehead atoms. The van der Waals surface area contributed by atoms with Crippen LogP contribution in [0.5, 0.6) is 0 Å². The molecule has 1 rings (SSSR count). The molecule has 1 nitrogen and oxygen atoms in total. The maximum atomic E-state index is 5.35. The summed E-state index contributed by atoms with van der Waals surface area (Å²) in [5, 5.41) is 0. The van der Waals surface area contributed by atoms with Crippen LogP contribution in [0.1, 0.15) is 39.0 Å². The van der Waals surface area contributed by atoms with Gasteiger partial charge in [0.2, 0.25) is 0 Å². The molecule has 0 aliphatic rings. The van der Waals surface area contributed by atoms with E-state index in [0.717, 1.165) is 11.4 Å². The fraction of sp³-hybridized carbons (Fsp3) is 0.600. The van der Waals surface area contributed by atoms with E-state index in [0.29, 0.717) is 15.0 Å². The monoisotopic (exact) mass is 300 g/mol. The summed E-state index contributed by atoms with van der Waals surface area (Å²) in [5.41, 5.74) is 0. The predicted octanol–water partition coefficient (Wildman–Crippen LogP) is 3.42. The molecule has 0 aliphatic carbocycles. The minimum atomic E-state index is 0.559. The summed E-state index contributed by atoms with van der Waals surface area (Å²) in [6, 6.07) is 10.9. The average Bonchev–Trinajstić information content (AvgIpc) is 2.36. The molecule has 0 aliphatic heterocycles. The zero-order valence-corrected chi connectivity index (χ0v) is 12.7. The van der Waals surface area contributed by atoms with Crippen molar-refractivity contribution in [3.05, 3.63) is 30.3 Å². The number of ether oxygens (including phenoxy) is 1. The Balaban J connectivity index is 2.32. The van der Waals surface area contributed by atoms with E-state index in [2.05, 4.69) is 37.3 Å². The Labute approximate surface area is 112 Å². The average molecular weight is 299 g/mol. The zero-order valence-electron chi connectivity index (χ0n) is 11.0. The third kappa shape index (κ3) is 6.88. The molecule has 0 saturated carbocycles. The molecule has 2 heteroatoms. The second-order valence-corrected chi connectivity index (χ2v) is 7.24. The number of benzene rings is 1. The Bertz CT molecular complexity index is 274. The summed E-state index contributed by atoms with van der Waals surface area (Å²) < 4.78 is 6.85. The molecule has 1 unspecified atom stereocenters. The summed E-state index contributed by atoms with van der Waals surface area (Å²) in [5.74, 6) is 0. The molecule has 0 N–H and O–H groups in total. The van der Waals surface area contributed by atoms with Crippen LogP contribution in [-0.4, -0.2) is 28.7 Å². The number of hydrogen-bond acceptors (Lipinski definition) is 1. The molecule has 0 heterocycles. The molecule has 0 spiro atoms. The van der Waals surface area contributed by atoms with Gasteiger partial charge < -0.3 is 0 Å². The van der Waals surface area contributed by atoms with Crippen LogP contribution in [0.2, 0.25) is 4.82 Å². The number of rotatable bonds is 9. The summed E-state index contributed by atoms with van der Waals surface area (Å²) in [4.78, 5) is 0.742. The van der Waals surface area contributed by atoms with Crippen molar-refractivity contribution in [1.82, 2.24) is 0 Å². The van der Waals surface area contributed by atoms with Gasteiger partial charge in [-0.3, -0.25) is 0 Å². The summed E-state index contributed by atoms with van der Waals surface area (Å²) in [7, 11) is 1.82. The van der Waals surface area contributed by atoms with Gasteiger partial charge in [-0.2, -0.15) is 0 Å². The molecule has 0 saturated heterocycles. The Morgan fingerprint density at radius 1 is 1.12 bits per heavy atom. The van der Waals surface area contributed by atoms with Crippen LogP contribution in [0, 0.1) is 0 Å². The van der Waals surface area contributed by atoms with Crippen LogP contribution in [0.4, 0.5) is 0 Å². The van der Waals surface area contributed by atoms with E-state index >= 15 is 0 Å². The SMILES string of the molecule is CCCCCCC(COC)[Se]c1ccccc1. The van der Waals surface area contributed by atoms with Gasteiger partial charge in [0.1, 0.15) is 0 Å². The van der Waals surface area contributed by atoms with E-state index in [1.807, 2.05) is 7.11 Å². The summed E-state index contributed by atoms with van der Waals surface area (Å²) >= 11 is 0.559. The van der Waals surface area contributed by atoms with Gasteiger partial charge in [-0.05, 0) is 0 Å². The standard InChI is InChI=1S/C15H24OSe/c1-3-4-5-7-12-15(13-16-2)17-14-10-8-6-9-11-14/h6,8-11,15H,3-5,7,12-13H2,1-2H3. The molecule has 1 aromatic carbocycles. The predicted molar refractivity (Wildman–Crippen MR) is 76.2 cm³/mol. The van der Waals surface area contributed by atoms with Crippen molar-refractivity contribution in [3.8, 4) is 0 Å². The summed E-state index contributed by atoms with van der Waals surface area (Å²) in [6.45, 7) is 3.18. The molecule has 0 radical (unpaired) electrons. The first kappa shape index (κ1) is 14.8. The second kappa shape index (κ2) is 9.70. The van der Waals surface area contributed by atoms with Crippen molar-refractivity contribution in [2.75, 3.05) is 13.7 Å². The van der Waals surface area contributed by atoms with Crippen LogP contribution in [0.25, 0.3) is 0 Å². The van der Waals surface area contributed by atoms with Gasteiger partial charge in [0.05, 0.1) is 0 Å². The molecular weight excluding hydrogens is 275 g/mol. The molecule has 0 fully saturated rings. The normalized spacial score (nSPS) is 12.6. The molecule has 1 atom stereocenters. The first-order valence-corrected chi connectivity index (χ1v) is 8.42. The van der Waals surface area contributed by atoms with E-state index in [9.17, 15) is 0 Å². The number of unbranched alkanes of at least 4 members (excludes halogenated alkanes) is 3. The first-order chi connectivity index (χ1) is 8.36. The third-order valence-corrected chi connectivity index (χ3v) is 5.40. The fourth-order valence-electron chi connectivity index (χ4n) is 1.85. The zero-order chi connectivity index (χ0) is 12.3. The molecule has 17 heavy (non-hydrogen) atoms. The van der Waals surface area contributed by atoms with Gasteiger partial charge in [-0.25, -0.2) is 0 Å². The summed E-state index contributed by atoms with van der Waals surface area (Å²) in [6.07, 6.45) is 6.75. The van der Waals surface area contributed by atoms with Crippen molar-refractivity contribution < 1.29 is 4.74 Å². The van der Waals surface area contributed by atoms with E-state index < -0.39 is 0 Å². The van der Waals surface area contributed by atoms with E-state index in [1.54, 1.807) is 0 Å². The molecule has 96 valence electrons. The first-order valence-electron chi connectivity index (χ1n) is 6.57. The van der Waals surface area contributed by atoms with Crippen molar-refractivity contribution in [2.24, 2.45) is 0 Å². The van der Waals surface area contributed by atoms with Crippen LogP contribution >= 0.6 is 0 Å². The minimum absolute atomic E-state index is 0.559. The maximum absolute atomic E-state index is 5.35. The van der Waals surface area contributed by atoms with E-state index in [4.69, 9.17) is 4.74 Å². The van der Waals surface area contributed by atoms with Gasteiger partial charge in [-0.1, -0.05) is 0 Å². The van der Waals surface area contributed by atoms with E-state index in [-0.39, 0.29) is 0 Å². The Hall–Kier alpha value is -0.301. The third-order valence-electron chi connectivity index (χ3n) is 2.78. The van der Waals surface area contributed by atoms with Crippen molar-refractivity contribution >= 4 is 19.4 Å². The number of methoxy groups -OCH3 is 1. The Morgan fingerprint density at radius 2 is 1.88 bits per heavy atom. The van der Waals surface area contributed by atoms with Crippen molar-refractivity contribution in [2.45, 2.75) is 43.8 Å². The Kier molecular flexibility index (Phi) is 8.42. The quantitative estimate of drug-likeness (QED) is 0.501.